The van der Waals surface area contributed by atoms with E-state index < -0.39 is 10.0 Å². The van der Waals surface area contributed by atoms with E-state index >= 15 is 0 Å². The number of anilines is 1. The number of hydrogen-bond donors (Lipinski definition) is 2. The number of nitrogens with zero attached hydrogens (tertiary/aromatic N) is 2. The number of ether oxygens (including phenoxy) is 1. The summed E-state index contributed by atoms with van der Waals surface area (Å²) >= 11 is 0. The second-order valence-electron chi connectivity index (χ2n) is 6.75. The highest BCUT2D eigenvalue weighted by Gasteiger charge is 2.28. The third-order valence-electron chi connectivity index (χ3n) is 4.77. The minimum Gasteiger partial charge on any atom is -0.495 e. The van der Waals surface area contributed by atoms with E-state index in [0.717, 1.165) is 25.1 Å². The molecule has 2 unspecified atom stereocenters. The zero-order valence-electron chi connectivity index (χ0n) is 15.7. The van der Waals surface area contributed by atoms with Gasteiger partial charge in [0.05, 0.1) is 7.11 Å². The highest BCUT2D eigenvalue weighted by atomic mass is 32.2. The van der Waals surface area contributed by atoms with Crippen LogP contribution < -0.4 is 14.8 Å². The van der Waals surface area contributed by atoms with Crippen molar-refractivity contribution in [3.63, 3.8) is 0 Å². The molecule has 0 radical (unpaired) electrons. The van der Waals surface area contributed by atoms with Gasteiger partial charge in [0.15, 0.2) is 6.19 Å². The maximum atomic E-state index is 12.8. The molecule has 1 aliphatic rings. The number of nitriles is 1. The van der Waals surface area contributed by atoms with Crippen LogP contribution in [0.3, 0.4) is 0 Å². The molecule has 1 heterocycles. The Morgan fingerprint density at radius 3 is 2.85 bits per heavy atom. The summed E-state index contributed by atoms with van der Waals surface area (Å²) in [5.41, 5.74) is 0.750. The molecule has 1 saturated heterocycles. The zero-order valence-corrected chi connectivity index (χ0v) is 16.5. The van der Waals surface area contributed by atoms with Crippen molar-refractivity contribution in [2.75, 3.05) is 32.1 Å². The van der Waals surface area contributed by atoms with E-state index in [2.05, 4.69) is 30.1 Å². The lowest BCUT2D eigenvalue weighted by molar-refractivity contribution is 0.402. The molecule has 1 aromatic carbocycles. The molecule has 0 aliphatic carbocycles. The third-order valence-corrected chi connectivity index (χ3v) is 6.31. The van der Waals surface area contributed by atoms with Gasteiger partial charge < -0.3 is 15.0 Å². The molecule has 0 saturated carbocycles. The van der Waals surface area contributed by atoms with Crippen LogP contribution in [0.15, 0.2) is 23.1 Å². The number of rotatable bonds is 9. The fourth-order valence-electron chi connectivity index (χ4n) is 2.89. The van der Waals surface area contributed by atoms with Gasteiger partial charge >= 0.3 is 0 Å². The maximum absolute atomic E-state index is 12.8. The minimum atomic E-state index is -3.74. The Labute approximate surface area is 156 Å². The minimum absolute atomic E-state index is 0.115. The second kappa shape index (κ2) is 9.10. The van der Waals surface area contributed by atoms with Gasteiger partial charge in [-0.1, -0.05) is 20.3 Å². The Morgan fingerprint density at radius 1 is 1.46 bits per heavy atom. The molecule has 1 aromatic rings. The van der Waals surface area contributed by atoms with E-state index in [1.165, 1.54) is 7.11 Å². The van der Waals surface area contributed by atoms with Crippen LogP contribution in [0, 0.1) is 17.4 Å². The van der Waals surface area contributed by atoms with Crippen molar-refractivity contribution in [1.82, 2.24) is 9.62 Å². The molecule has 144 valence electrons. The summed E-state index contributed by atoms with van der Waals surface area (Å²) < 4.78 is 33.6. The SMILES string of the molecule is CCC(C)CCNc1ccc(OC)c(S(=O)(=O)NC2CCN(C#N)C2)c1. The second-order valence-corrected chi connectivity index (χ2v) is 8.43. The highest BCUT2D eigenvalue weighted by Crippen LogP contribution is 2.28. The molecule has 1 fully saturated rings. The largest absolute Gasteiger partial charge is 0.495 e. The average molecular weight is 381 g/mol. The van der Waals surface area contributed by atoms with Crippen LogP contribution in [0.4, 0.5) is 5.69 Å². The van der Waals surface area contributed by atoms with Crippen molar-refractivity contribution in [3.05, 3.63) is 18.2 Å². The Morgan fingerprint density at radius 2 is 2.23 bits per heavy atom. The summed E-state index contributed by atoms with van der Waals surface area (Å²) in [4.78, 5) is 1.67. The highest BCUT2D eigenvalue weighted by molar-refractivity contribution is 7.89. The molecular formula is C18H28N4O3S. The van der Waals surface area contributed by atoms with Crippen molar-refractivity contribution < 1.29 is 13.2 Å². The molecule has 8 heteroatoms. The number of nitrogens with one attached hydrogen (secondary N) is 2. The predicted molar refractivity (Wildman–Crippen MR) is 101 cm³/mol. The molecule has 2 atom stereocenters. The van der Waals surface area contributed by atoms with Crippen molar-refractivity contribution in [2.45, 2.75) is 44.0 Å². The smallest absolute Gasteiger partial charge is 0.244 e. The molecule has 7 nitrogen and oxygen atoms in total. The van der Waals surface area contributed by atoms with E-state index in [0.29, 0.717) is 31.2 Å². The van der Waals surface area contributed by atoms with Crippen LogP contribution in [0.2, 0.25) is 0 Å². The van der Waals surface area contributed by atoms with Gasteiger partial charge in [0.1, 0.15) is 10.6 Å². The van der Waals surface area contributed by atoms with Gasteiger partial charge in [-0.05, 0) is 37.0 Å². The molecule has 26 heavy (non-hydrogen) atoms. The first-order chi connectivity index (χ1) is 12.4. The lowest BCUT2D eigenvalue weighted by Gasteiger charge is -2.17. The summed E-state index contributed by atoms with van der Waals surface area (Å²) in [6.07, 6.45) is 4.81. The third kappa shape index (κ3) is 5.26. The lowest BCUT2D eigenvalue weighted by atomic mass is 10.1. The van der Waals surface area contributed by atoms with Gasteiger partial charge in [0.25, 0.3) is 0 Å². The molecule has 0 spiro atoms. The number of benzene rings is 1. The van der Waals surface area contributed by atoms with E-state index in [9.17, 15) is 8.42 Å². The van der Waals surface area contributed by atoms with Crippen LogP contribution >= 0.6 is 0 Å². The summed E-state index contributed by atoms with van der Waals surface area (Å²) in [5.74, 6) is 0.927. The van der Waals surface area contributed by atoms with Gasteiger partial charge in [-0.25, -0.2) is 13.1 Å². The summed E-state index contributed by atoms with van der Waals surface area (Å²) in [5, 5.41) is 12.2. The fraction of sp³-hybridized carbons (Fsp3) is 0.611. The van der Waals surface area contributed by atoms with Crippen LogP contribution in [-0.2, 0) is 10.0 Å². The van der Waals surface area contributed by atoms with Gasteiger partial charge in [-0.2, -0.15) is 5.26 Å². The topological polar surface area (TPSA) is 94.5 Å². The van der Waals surface area contributed by atoms with E-state index in [4.69, 9.17) is 10.00 Å². The molecule has 0 bridgehead atoms. The van der Waals surface area contributed by atoms with Crippen LogP contribution in [-0.4, -0.2) is 46.1 Å². The molecule has 1 aliphatic heterocycles. The fourth-order valence-corrected chi connectivity index (χ4v) is 4.35. The molecule has 2 rings (SSSR count). The first-order valence-corrected chi connectivity index (χ1v) is 10.5. The van der Waals surface area contributed by atoms with Gasteiger partial charge in [0, 0.05) is 31.4 Å². The lowest BCUT2D eigenvalue weighted by Crippen LogP contribution is -2.36. The van der Waals surface area contributed by atoms with Crippen LogP contribution in [0.5, 0.6) is 5.75 Å². The van der Waals surface area contributed by atoms with Crippen LogP contribution in [0.1, 0.15) is 33.1 Å². The van der Waals surface area contributed by atoms with Crippen molar-refractivity contribution in [2.24, 2.45) is 5.92 Å². The zero-order chi connectivity index (χ0) is 19.2. The van der Waals surface area contributed by atoms with Crippen molar-refractivity contribution in [1.29, 1.82) is 5.26 Å². The van der Waals surface area contributed by atoms with E-state index in [1.807, 2.05) is 6.07 Å². The predicted octanol–water partition coefficient (Wildman–Crippen LogP) is 2.38. The number of hydrogen-bond acceptors (Lipinski definition) is 6. The van der Waals surface area contributed by atoms with Crippen LogP contribution in [0.25, 0.3) is 0 Å². The Balaban J connectivity index is 2.12. The Kier molecular flexibility index (Phi) is 7.12. The molecular weight excluding hydrogens is 352 g/mol. The van der Waals surface area contributed by atoms with Gasteiger partial charge in [-0.3, -0.25) is 0 Å². The van der Waals surface area contributed by atoms with Crippen molar-refractivity contribution in [3.8, 4) is 11.9 Å². The monoisotopic (exact) mass is 380 g/mol. The first-order valence-electron chi connectivity index (χ1n) is 8.98. The average Bonchev–Trinajstić information content (AvgIpc) is 3.08. The first kappa shape index (κ1) is 20.3. The quantitative estimate of drug-likeness (QED) is 0.639. The van der Waals surface area contributed by atoms with E-state index in [1.54, 1.807) is 17.0 Å². The number of likely N-dealkylation sites (tertiary alicyclic amines) is 1. The van der Waals surface area contributed by atoms with Gasteiger partial charge in [0.2, 0.25) is 10.0 Å². The standard InChI is InChI=1S/C18H28N4O3S/c1-4-14(2)7-9-20-15-5-6-17(25-3)18(11-15)26(23,24)21-16-8-10-22(12-16)13-19/h5-6,11,14,16,20-21H,4,7-10,12H2,1-3H3. The van der Waals surface area contributed by atoms with E-state index in [-0.39, 0.29) is 10.9 Å². The summed E-state index contributed by atoms with van der Waals surface area (Å²) in [7, 11) is -2.28. The number of methoxy groups -OCH3 is 1. The molecule has 0 aromatic heterocycles. The van der Waals surface area contributed by atoms with Crippen molar-refractivity contribution >= 4 is 15.7 Å². The van der Waals surface area contributed by atoms with Gasteiger partial charge in [-0.15, -0.1) is 0 Å². The Bertz CT molecular complexity index is 745. The Hall–Kier alpha value is -1.98. The molecule has 0 amide bonds. The maximum Gasteiger partial charge on any atom is 0.244 e. The normalized spacial score (nSPS) is 18.4. The molecule has 2 N–H and O–H groups in total. The number of sulfonamides is 1. The summed E-state index contributed by atoms with van der Waals surface area (Å²) in [6, 6.07) is 4.82. The summed E-state index contributed by atoms with van der Waals surface area (Å²) in [6.45, 7) is 6.10.